The Kier molecular flexibility index (Phi) is 11.6. The van der Waals surface area contributed by atoms with Crippen LogP contribution in [0, 0.1) is 5.41 Å². The highest BCUT2D eigenvalue weighted by Gasteiger charge is 2.36. The van der Waals surface area contributed by atoms with E-state index < -0.39 is 0 Å². The highest BCUT2D eigenvalue weighted by atomic mass is 127. The normalized spacial score (nSPS) is 15.2. The number of benzene rings is 1. The van der Waals surface area contributed by atoms with E-state index >= 15 is 0 Å². The number of rotatable bonds is 11. The highest BCUT2D eigenvalue weighted by molar-refractivity contribution is 14.0. The van der Waals surface area contributed by atoms with Crippen molar-refractivity contribution in [2.45, 2.75) is 45.6 Å². The zero-order valence-corrected chi connectivity index (χ0v) is 20.0. The molecule has 0 heterocycles. The van der Waals surface area contributed by atoms with Crippen molar-refractivity contribution in [2.75, 3.05) is 41.0 Å². The van der Waals surface area contributed by atoms with Crippen LogP contribution >= 0.6 is 24.0 Å². The first kappa shape index (κ1) is 24.8. The minimum atomic E-state index is 0. The maximum atomic E-state index is 5.71. The second-order valence-electron chi connectivity index (χ2n) is 7.21. The Balaban J connectivity index is 0.00000392. The first-order valence-electron chi connectivity index (χ1n) is 9.89. The van der Waals surface area contributed by atoms with Crippen molar-refractivity contribution >= 4 is 29.9 Å². The number of hydrogen-bond donors (Lipinski definition) is 2. The van der Waals surface area contributed by atoms with Gasteiger partial charge in [0.15, 0.2) is 17.5 Å². The summed E-state index contributed by atoms with van der Waals surface area (Å²) in [5, 5.41) is 6.87. The lowest BCUT2D eigenvalue weighted by Gasteiger charge is -2.42. The molecule has 1 aromatic carbocycles. The van der Waals surface area contributed by atoms with Crippen molar-refractivity contribution in [3.63, 3.8) is 0 Å². The van der Waals surface area contributed by atoms with Gasteiger partial charge in [-0.25, -0.2) is 0 Å². The lowest BCUT2D eigenvalue weighted by Crippen LogP contribution is -2.46. The zero-order valence-electron chi connectivity index (χ0n) is 17.7. The van der Waals surface area contributed by atoms with Crippen molar-refractivity contribution in [3.8, 4) is 11.5 Å². The van der Waals surface area contributed by atoms with Gasteiger partial charge in [0, 0.05) is 33.9 Å². The van der Waals surface area contributed by atoms with Gasteiger partial charge in [-0.1, -0.05) is 19.4 Å². The quantitative estimate of drug-likeness (QED) is 0.271. The third-order valence-electron chi connectivity index (χ3n) is 5.25. The lowest BCUT2D eigenvalue weighted by atomic mass is 9.67. The van der Waals surface area contributed by atoms with Crippen LogP contribution in [0.2, 0.25) is 0 Å². The molecule has 7 heteroatoms. The third-order valence-corrected chi connectivity index (χ3v) is 5.25. The highest BCUT2D eigenvalue weighted by Crippen LogP contribution is 2.43. The van der Waals surface area contributed by atoms with E-state index in [2.05, 4.69) is 28.6 Å². The van der Waals surface area contributed by atoms with Gasteiger partial charge in [-0.2, -0.15) is 0 Å². The minimum absolute atomic E-state index is 0. The van der Waals surface area contributed by atoms with Gasteiger partial charge in [0.1, 0.15) is 0 Å². The summed E-state index contributed by atoms with van der Waals surface area (Å²) < 4.78 is 16.4. The molecule has 160 valence electrons. The van der Waals surface area contributed by atoms with Gasteiger partial charge in [-0.15, -0.1) is 24.0 Å². The van der Waals surface area contributed by atoms with E-state index in [1.54, 1.807) is 21.3 Å². The summed E-state index contributed by atoms with van der Waals surface area (Å²) in [4.78, 5) is 4.35. The molecule has 1 fully saturated rings. The molecule has 1 saturated carbocycles. The van der Waals surface area contributed by atoms with Gasteiger partial charge in [-0.3, -0.25) is 4.99 Å². The van der Waals surface area contributed by atoms with E-state index in [-0.39, 0.29) is 24.0 Å². The number of guanidine groups is 1. The fourth-order valence-corrected chi connectivity index (χ4v) is 3.34. The Labute approximate surface area is 186 Å². The van der Waals surface area contributed by atoms with Gasteiger partial charge in [-0.05, 0) is 48.8 Å². The number of ether oxygens (including phenoxy) is 3. The summed E-state index contributed by atoms with van der Waals surface area (Å²) in [5.74, 6) is 2.37. The SMILES string of the molecule is CCCOc1ccc(CNC(=NC)NCC2(CCOC)CCC2)cc1OC.I. The molecule has 0 aromatic heterocycles. The average molecular weight is 505 g/mol. The maximum absolute atomic E-state index is 5.71. The van der Waals surface area contributed by atoms with Crippen LogP contribution in [0.3, 0.4) is 0 Å². The summed E-state index contributed by atoms with van der Waals surface area (Å²) in [6.07, 6.45) is 5.90. The molecule has 1 aliphatic rings. The van der Waals surface area contributed by atoms with Crippen LogP contribution in [0.15, 0.2) is 23.2 Å². The Bertz CT molecular complexity index is 607. The van der Waals surface area contributed by atoms with Crippen molar-refractivity contribution < 1.29 is 14.2 Å². The smallest absolute Gasteiger partial charge is 0.191 e. The number of methoxy groups -OCH3 is 2. The molecule has 0 amide bonds. The van der Waals surface area contributed by atoms with Crippen LogP contribution in [-0.2, 0) is 11.3 Å². The molecule has 2 N–H and O–H groups in total. The zero-order chi connectivity index (χ0) is 19.5. The molecule has 0 unspecified atom stereocenters. The molecule has 28 heavy (non-hydrogen) atoms. The van der Waals surface area contributed by atoms with Crippen LogP contribution in [-0.4, -0.2) is 47.0 Å². The first-order chi connectivity index (χ1) is 13.2. The first-order valence-corrected chi connectivity index (χ1v) is 9.89. The van der Waals surface area contributed by atoms with Gasteiger partial charge < -0.3 is 24.8 Å². The van der Waals surface area contributed by atoms with Crippen LogP contribution in [0.25, 0.3) is 0 Å². The van der Waals surface area contributed by atoms with Gasteiger partial charge in [0.25, 0.3) is 0 Å². The molecular weight excluding hydrogens is 469 g/mol. The average Bonchev–Trinajstić information content (AvgIpc) is 2.67. The molecule has 1 aromatic rings. The summed E-state index contributed by atoms with van der Waals surface area (Å²) in [7, 11) is 5.25. The fourth-order valence-electron chi connectivity index (χ4n) is 3.34. The summed E-state index contributed by atoms with van der Waals surface area (Å²) in [5.41, 5.74) is 1.48. The Morgan fingerprint density at radius 3 is 2.50 bits per heavy atom. The molecule has 0 saturated heterocycles. The predicted molar refractivity (Wildman–Crippen MR) is 125 cm³/mol. The van der Waals surface area contributed by atoms with E-state index in [0.29, 0.717) is 18.6 Å². The second kappa shape index (κ2) is 13.1. The second-order valence-corrected chi connectivity index (χ2v) is 7.21. The number of aliphatic imine (C=N–C) groups is 1. The topological polar surface area (TPSA) is 64.1 Å². The van der Waals surface area contributed by atoms with Gasteiger partial charge in [0.2, 0.25) is 0 Å². The van der Waals surface area contributed by atoms with Crippen LogP contribution in [0.1, 0.15) is 44.6 Å². The molecule has 0 radical (unpaired) electrons. The van der Waals surface area contributed by atoms with E-state index in [0.717, 1.165) is 49.0 Å². The van der Waals surface area contributed by atoms with E-state index in [4.69, 9.17) is 14.2 Å². The van der Waals surface area contributed by atoms with Crippen molar-refractivity contribution in [1.29, 1.82) is 0 Å². The Morgan fingerprint density at radius 1 is 1.14 bits per heavy atom. The maximum Gasteiger partial charge on any atom is 0.191 e. The molecule has 6 nitrogen and oxygen atoms in total. The van der Waals surface area contributed by atoms with Crippen molar-refractivity contribution in [2.24, 2.45) is 10.4 Å². The largest absolute Gasteiger partial charge is 0.493 e. The molecule has 2 rings (SSSR count). The molecule has 0 spiro atoms. The Morgan fingerprint density at radius 2 is 1.93 bits per heavy atom. The molecule has 0 bridgehead atoms. The number of hydrogen-bond acceptors (Lipinski definition) is 4. The fraction of sp³-hybridized carbons (Fsp3) is 0.667. The van der Waals surface area contributed by atoms with E-state index in [9.17, 15) is 0 Å². The third kappa shape index (κ3) is 7.31. The number of nitrogens with one attached hydrogen (secondary N) is 2. The van der Waals surface area contributed by atoms with E-state index in [1.165, 1.54) is 19.3 Å². The van der Waals surface area contributed by atoms with E-state index in [1.807, 2.05) is 12.1 Å². The summed E-state index contributed by atoms with van der Waals surface area (Å²) in [6.45, 7) is 5.21. The van der Waals surface area contributed by atoms with Crippen LogP contribution in [0.4, 0.5) is 0 Å². The Hall–Kier alpha value is -1.22. The minimum Gasteiger partial charge on any atom is -0.493 e. The molecular formula is C21H36IN3O3. The molecule has 0 atom stereocenters. The summed E-state index contributed by atoms with van der Waals surface area (Å²) in [6, 6.07) is 6.03. The van der Waals surface area contributed by atoms with Crippen molar-refractivity contribution in [1.82, 2.24) is 10.6 Å². The lowest BCUT2D eigenvalue weighted by molar-refractivity contribution is 0.0732. The predicted octanol–water partition coefficient (Wildman–Crippen LogP) is 3.97. The standard InChI is InChI=1S/C21H35N3O3.HI/c1-5-12-27-18-8-7-17(14-19(18)26-4)15-23-20(22-2)24-16-21(9-6-10-21)11-13-25-3;/h7-8,14H,5-6,9-13,15-16H2,1-4H3,(H2,22,23,24);1H. The van der Waals surface area contributed by atoms with Gasteiger partial charge in [0.05, 0.1) is 13.7 Å². The van der Waals surface area contributed by atoms with Crippen LogP contribution in [0.5, 0.6) is 11.5 Å². The van der Waals surface area contributed by atoms with Crippen LogP contribution < -0.4 is 20.1 Å². The van der Waals surface area contributed by atoms with Crippen molar-refractivity contribution in [3.05, 3.63) is 23.8 Å². The number of nitrogens with zero attached hydrogens (tertiary/aromatic N) is 1. The number of halogens is 1. The molecule has 1 aliphatic carbocycles. The molecule has 0 aliphatic heterocycles. The summed E-state index contributed by atoms with van der Waals surface area (Å²) >= 11 is 0. The van der Waals surface area contributed by atoms with Gasteiger partial charge >= 0.3 is 0 Å². The monoisotopic (exact) mass is 505 g/mol.